The van der Waals surface area contributed by atoms with Gasteiger partial charge in [-0.1, -0.05) is 24.9 Å². The van der Waals surface area contributed by atoms with Crippen molar-refractivity contribution >= 4 is 23.2 Å². The number of aryl methyl sites for hydroxylation is 2. The van der Waals surface area contributed by atoms with E-state index in [9.17, 15) is 14.3 Å². The lowest BCUT2D eigenvalue weighted by atomic mass is 10.0. The third-order valence-electron chi connectivity index (χ3n) is 8.10. The molecule has 3 aromatic rings. The van der Waals surface area contributed by atoms with E-state index in [2.05, 4.69) is 21.9 Å². The lowest BCUT2D eigenvalue weighted by Gasteiger charge is -2.22. The van der Waals surface area contributed by atoms with Gasteiger partial charge in [-0.05, 0) is 45.2 Å². The molecule has 1 N–H and O–H groups in total. The Morgan fingerprint density at radius 2 is 2.05 bits per heavy atom. The zero-order valence-corrected chi connectivity index (χ0v) is 22.0. The number of halogens is 2. The second-order valence-electron chi connectivity index (χ2n) is 10.4. The van der Waals surface area contributed by atoms with Gasteiger partial charge in [0.25, 0.3) is 5.91 Å². The summed E-state index contributed by atoms with van der Waals surface area (Å²) < 4.78 is 21.9. The quantitative estimate of drug-likeness (QED) is 0.467. The third kappa shape index (κ3) is 4.08. The van der Waals surface area contributed by atoms with Gasteiger partial charge in [0.15, 0.2) is 5.65 Å². The van der Waals surface area contributed by atoms with Crippen LogP contribution in [0.2, 0.25) is 5.02 Å². The van der Waals surface area contributed by atoms with Crippen LogP contribution in [-0.2, 0) is 13.1 Å². The normalized spacial score (nSPS) is 26.0. The van der Waals surface area contributed by atoms with Crippen molar-refractivity contribution in [1.82, 2.24) is 24.4 Å². The summed E-state index contributed by atoms with van der Waals surface area (Å²) in [7, 11) is 0. The Bertz CT molecular complexity index is 1390. The smallest absolute Gasteiger partial charge is 0.258 e. The summed E-state index contributed by atoms with van der Waals surface area (Å²) >= 11 is 6.34. The number of nitrogens with zero attached hydrogens (tertiary/aromatic N) is 5. The lowest BCUT2D eigenvalue weighted by Crippen LogP contribution is -2.32. The molecule has 5 heterocycles. The number of rotatable bonds is 7. The van der Waals surface area contributed by atoms with Gasteiger partial charge in [0.2, 0.25) is 0 Å². The van der Waals surface area contributed by atoms with E-state index in [-0.39, 0.29) is 23.8 Å². The van der Waals surface area contributed by atoms with Gasteiger partial charge in [-0.15, -0.1) is 0 Å². The van der Waals surface area contributed by atoms with E-state index < -0.39 is 5.82 Å². The van der Waals surface area contributed by atoms with Crippen molar-refractivity contribution in [3.05, 3.63) is 57.2 Å². The Balaban J connectivity index is 1.16. The van der Waals surface area contributed by atoms with Crippen LogP contribution in [0.5, 0.6) is 5.75 Å². The molecule has 1 aromatic carbocycles. The van der Waals surface area contributed by atoms with Gasteiger partial charge in [-0.3, -0.25) is 9.69 Å². The molecule has 0 radical (unpaired) electrons. The molecule has 2 aromatic heterocycles. The summed E-state index contributed by atoms with van der Waals surface area (Å²) in [6, 6.07) is 5.10. The van der Waals surface area contributed by atoms with Crippen molar-refractivity contribution in [1.29, 1.82) is 0 Å². The van der Waals surface area contributed by atoms with E-state index in [0.29, 0.717) is 54.4 Å². The fraction of sp³-hybridized carbons (Fsp3) is 0.519. The van der Waals surface area contributed by atoms with Crippen molar-refractivity contribution in [2.75, 3.05) is 6.61 Å². The molecule has 2 saturated heterocycles. The topological polar surface area (TPSA) is 83.0 Å². The van der Waals surface area contributed by atoms with E-state index in [0.717, 1.165) is 41.9 Å². The number of piperidine rings is 1. The molecule has 0 spiro atoms. The average molecular weight is 528 g/mol. The van der Waals surface area contributed by atoms with Crippen LogP contribution in [-0.4, -0.2) is 66.2 Å². The fourth-order valence-electron chi connectivity index (χ4n) is 6.22. The maximum atomic E-state index is 14.1. The molecule has 2 fully saturated rings. The monoisotopic (exact) mass is 527 g/mol. The molecule has 1 amide bonds. The van der Waals surface area contributed by atoms with Crippen molar-refractivity contribution < 1.29 is 19.0 Å². The summed E-state index contributed by atoms with van der Waals surface area (Å²) in [6.45, 7) is 6.90. The Kier molecular flexibility index (Phi) is 6.12. The summed E-state index contributed by atoms with van der Waals surface area (Å²) in [6.07, 6.45) is 3.33. The summed E-state index contributed by atoms with van der Waals surface area (Å²) in [4.78, 5) is 22.2. The van der Waals surface area contributed by atoms with E-state index in [1.807, 2.05) is 13.8 Å². The Morgan fingerprint density at radius 3 is 2.84 bits per heavy atom. The van der Waals surface area contributed by atoms with E-state index in [4.69, 9.17) is 16.3 Å². The van der Waals surface area contributed by atoms with Gasteiger partial charge in [0, 0.05) is 29.8 Å². The molecule has 6 rings (SSSR count). The molecule has 3 aliphatic rings. The van der Waals surface area contributed by atoms with E-state index in [1.165, 1.54) is 18.2 Å². The molecule has 0 bridgehead atoms. The molecule has 3 aliphatic heterocycles. The first kappa shape index (κ1) is 24.6. The molecular weight excluding hydrogens is 497 g/mol. The lowest BCUT2D eigenvalue weighted by molar-refractivity contribution is 0.0742. The first-order chi connectivity index (χ1) is 17.8. The highest BCUT2D eigenvalue weighted by Gasteiger charge is 2.58. The molecule has 0 saturated carbocycles. The van der Waals surface area contributed by atoms with Crippen LogP contribution in [0.1, 0.15) is 65.6 Å². The van der Waals surface area contributed by atoms with Crippen LogP contribution in [0.25, 0.3) is 5.65 Å². The van der Waals surface area contributed by atoms with Crippen molar-refractivity contribution in [3.8, 4) is 5.75 Å². The van der Waals surface area contributed by atoms with Gasteiger partial charge in [0.05, 0.1) is 53.5 Å². The minimum absolute atomic E-state index is 0.0483. The second-order valence-corrected chi connectivity index (χ2v) is 10.8. The van der Waals surface area contributed by atoms with Crippen LogP contribution >= 0.6 is 11.6 Å². The Labute approximate surface area is 220 Å². The number of ether oxygens (including phenoxy) is 1. The number of benzene rings is 1. The Hall–Kier alpha value is -2.75. The zero-order chi connectivity index (χ0) is 26.0. The van der Waals surface area contributed by atoms with Crippen LogP contribution in [0.15, 0.2) is 18.2 Å². The van der Waals surface area contributed by atoms with Crippen LogP contribution < -0.4 is 4.74 Å². The number of aliphatic hydroxyl groups excluding tert-OH is 1. The highest BCUT2D eigenvalue weighted by atomic mass is 35.5. The van der Waals surface area contributed by atoms with Gasteiger partial charge >= 0.3 is 0 Å². The fourth-order valence-corrected chi connectivity index (χ4v) is 6.34. The number of aromatic nitrogens is 3. The minimum Gasteiger partial charge on any atom is -0.493 e. The zero-order valence-electron chi connectivity index (χ0n) is 21.2. The van der Waals surface area contributed by atoms with Crippen molar-refractivity contribution in [2.45, 2.75) is 83.8 Å². The highest BCUT2D eigenvalue weighted by molar-refractivity contribution is 6.31. The second kappa shape index (κ2) is 9.22. The average Bonchev–Trinajstić information content (AvgIpc) is 3.16. The SMILES string of the molecule is CCCC1[C@H]2C[C@H](O)[C@@H](CCOc3cc(F)ccc3C(=O)N3Cc4nn5c(C)c(Cl)c(C)nc5c4C3)N12. The molecule has 8 nitrogen and oxygen atoms in total. The maximum Gasteiger partial charge on any atom is 0.258 e. The molecule has 2 unspecified atom stereocenters. The minimum atomic E-state index is -0.462. The predicted octanol–water partition coefficient (Wildman–Crippen LogP) is 4.05. The molecule has 10 heteroatoms. The van der Waals surface area contributed by atoms with Gasteiger partial charge in [-0.25, -0.2) is 13.9 Å². The predicted molar refractivity (Wildman–Crippen MR) is 136 cm³/mol. The maximum absolute atomic E-state index is 14.1. The first-order valence-corrected chi connectivity index (χ1v) is 13.4. The van der Waals surface area contributed by atoms with Crippen LogP contribution in [0.3, 0.4) is 0 Å². The van der Waals surface area contributed by atoms with Crippen LogP contribution in [0.4, 0.5) is 4.39 Å². The molecular formula is C27H31ClFN5O3. The number of hydrogen-bond acceptors (Lipinski definition) is 6. The molecule has 5 atom stereocenters. The van der Waals surface area contributed by atoms with E-state index >= 15 is 0 Å². The molecule has 196 valence electrons. The third-order valence-corrected chi connectivity index (χ3v) is 8.65. The number of carbonyl (C=O) groups is 1. The number of aliphatic hydroxyl groups is 1. The van der Waals surface area contributed by atoms with E-state index in [1.54, 1.807) is 9.42 Å². The highest BCUT2D eigenvalue weighted by Crippen LogP contribution is 2.46. The largest absolute Gasteiger partial charge is 0.493 e. The number of hydrogen-bond donors (Lipinski definition) is 1. The standard InChI is InChI=1S/C27H31ClFN5O3/c1-4-5-20-22-11-23(35)21(33(20)22)8-9-37-24-10-16(29)6-7-17(24)27(36)32-12-18-19(13-32)31-34-15(3)25(28)14(2)30-26(18)34/h6-7,10,20-23,35H,4-5,8-9,11-13H2,1-3H3/t20?,21-,22-,23+,33?/m1/s1. The summed E-state index contributed by atoms with van der Waals surface area (Å²) in [5.74, 6) is -0.486. The molecule has 37 heavy (non-hydrogen) atoms. The van der Waals surface area contributed by atoms with Gasteiger partial charge < -0.3 is 14.7 Å². The number of fused-ring (bicyclic) bond motifs is 4. The summed E-state index contributed by atoms with van der Waals surface area (Å²) in [5, 5.41) is 15.7. The van der Waals surface area contributed by atoms with Crippen molar-refractivity contribution in [3.63, 3.8) is 0 Å². The number of carbonyl (C=O) groups excluding carboxylic acids is 1. The van der Waals surface area contributed by atoms with Gasteiger partial charge in [-0.2, -0.15) is 5.10 Å². The molecule has 0 aliphatic carbocycles. The summed E-state index contributed by atoms with van der Waals surface area (Å²) in [5.41, 5.74) is 4.21. The Morgan fingerprint density at radius 1 is 1.24 bits per heavy atom. The van der Waals surface area contributed by atoms with Crippen molar-refractivity contribution in [2.24, 2.45) is 0 Å². The first-order valence-electron chi connectivity index (χ1n) is 13.0. The van der Waals surface area contributed by atoms with Gasteiger partial charge in [0.1, 0.15) is 11.6 Å². The number of amides is 1. The van der Waals surface area contributed by atoms with Crippen LogP contribution in [0, 0.1) is 19.7 Å².